The minimum atomic E-state index is -4.89. The van der Waals surface area contributed by atoms with E-state index in [0.29, 0.717) is 12.6 Å². The number of nitrogens with one attached hydrogen (secondary N) is 2. The van der Waals surface area contributed by atoms with E-state index in [2.05, 4.69) is 25.4 Å². The lowest BCUT2D eigenvalue weighted by Gasteiger charge is -2.17. The van der Waals surface area contributed by atoms with E-state index in [0.717, 1.165) is 17.3 Å². The van der Waals surface area contributed by atoms with Gasteiger partial charge >= 0.3 is 12.1 Å². The molecule has 212 valence electrons. The molecule has 0 unspecified atom stereocenters. The van der Waals surface area contributed by atoms with Crippen molar-refractivity contribution in [2.24, 2.45) is 9.98 Å². The average Bonchev–Trinajstić information content (AvgIpc) is 3.36. The van der Waals surface area contributed by atoms with E-state index in [9.17, 15) is 27.5 Å². The molecule has 1 aliphatic rings. The Morgan fingerprint density at radius 2 is 2.10 bits per heavy atom. The number of guanidine groups is 1. The van der Waals surface area contributed by atoms with Gasteiger partial charge in [-0.15, -0.1) is 0 Å². The fourth-order valence-electron chi connectivity index (χ4n) is 3.24. The van der Waals surface area contributed by atoms with Crippen LogP contribution in [-0.4, -0.2) is 61.3 Å². The molecule has 41 heavy (non-hydrogen) atoms. The summed E-state index contributed by atoms with van der Waals surface area (Å²) in [4.78, 5) is 28.3. The highest BCUT2D eigenvalue weighted by Crippen LogP contribution is 2.24. The summed E-state index contributed by atoms with van der Waals surface area (Å²) in [5.41, 5.74) is 1.37. The van der Waals surface area contributed by atoms with Gasteiger partial charge in [-0.25, -0.2) is 29.1 Å². The molecule has 0 spiro atoms. The Morgan fingerprint density at radius 1 is 1.29 bits per heavy atom. The van der Waals surface area contributed by atoms with Crippen molar-refractivity contribution in [2.75, 3.05) is 6.61 Å². The first-order chi connectivity index (χ1) is 19.5. The lowest BCUT2D eigenvalue weighted by Crippen LogP contribution is -2.33. The van der Waals surface area contributed by atoms with Crippen LogP contribution in [0.2, 0.25) is 5.02 Å². The number of pyridine rings is 1. The number of alkyl halides is 3. The molecule has 0 saturated carbocycles. The smallest absolute Gasteiger partial charge is 0.432 e. The molecule has 0 aliphatic carbocycles. The highest BCUT2D eigenvalue weighted by Gasteiger charge is 2.32. The number of hydrogen-bond acceptors (Lipinski definition) is 7. The monoisotopic (exact) mass is 590 g/mol. The number of aromatic carboxylic acids is 1. The highest BCUT2D eigenvalue weighted by atomic mass is 35.5. The summed E-state index contributed by atoms with van der Waals surface area (Å²) in [6.45, 7) is 0.496. The van der Waals surface area contributed by atoms with E-state index in [1.165, 1.54) is 36.8 Å². The molecule has 0 fully saturated rings. The van der Waals surface area contributed by atoms with Crippen molar-refractivity contribution in [1.82, 2.24) is 25.0 Å². The summed E-state index contributed by atoms with van der Waals surface area (Å²) in [5.74, 6) is -2.29. The van der Waals surface area contributed by atoms with Crippen molar-refractivity contribution in [2.45, 2.75) is 12.7 Å². The number of carboxylic acids is 1. The van der Waals surface area contributed by atoms with Crippen LogP contribution >= 0.6 is 11.6 Å². The van der Waals surface area contributed by atoms with Crippen LogP contribution in [0.15, 0.2) is 77.6 Å². The normalized spacial score (nSPS) is 14.6. The third-order valence-electron chi connectivity index (χ3n) is 5.24. The van der Waals surface area contributed by atoms with Gasteiger partial charge in [-0.05, 0) is 30.3 Å². The number of allylic oxidation sites excluding steroid dienone is 2. The molecule has 3 aromatic rings. The number of ether oxygens (including phenoxy) is 1. The fourth-order valence-corrected chi connectivity index (χ4v) is 3.42. The minimum absolute atomic E-state index is 0.105. The Morgan fingerprint density at radius 3 is 2.78 bits per heavy atom. The van der Waals surface area contributed by atoms with Gasteiger partial charge in [0.05, 0.1) is 23.6 Å². The molecule has 0 amide bonds. The zero-order valence-corrected chi connectivity index (χ0v) is 21.4. The number of benzene rings is 1. The first-order valence-corrected chi connectivity index (χ1v) is 11.9. The van der Waals surface area contributed by atoms with Gasteiger partial charge in [-0.1, -0.05) is 11.6 Å². The van der Waals surface area contributed by atoms with Crippen LogP contribution in [0.25, 0.3) is 5.57 Å². The number of halogens is 5. The number of imidazole rings is 1. The maximum atomic E-state index is 13.5. The molecule has 11 nitrogen and oxygen atoms in total. The lowest BCUT2D eigenvalue weighted by atomic mass is 10.1. The number of carbonyl (C=O) groups is 1. The summed E-state index contributed by atoms with van der Waals surface area (Å²) >= 11 is 5.80. The van der Waals surface area contributed by atoms with E-state index >= 15 is 0 Å². The third kappa shape index (κ3) is 7.76. The van der Waals surface area contributed by atoms with Crippen molar-refractivity contribution >= 4 is 46.7 Å². The van der Waals surface area contributed by atoms with Gasteiger partial charge in [0.25, 0.3) is 0 Å². The summed E-state index contributed by atoms with van der Waals surface area (Å²) < 4.78 is 59.5. The van der Waals surface area contributed by atoms with Gasteiger partial charge in [-0.3, -0.25) is 15.8 Å². The van der Waals surface area contributed by atoms with E-state index < -0.39 is 23.7 Å². The molecule has 0 atom stereocenters. The summed E-state index contributed by atoms with van der Waals surface area (Å²) in [6, 6.07) is 4.86. The van der Waals surface area contributed by atoms with Crippen LogP contribution in [0.4, 0.5) is 23.2 Å². The van der Waals surface area contributed by atoms with Crippen LogP contribution in [0.3, 0.4) is 0 Å². The van der Waals surface area contributed by atoms with Crippen LogP contribution < -0.4 is 10.2 Å². The van der Waals surface area contributed by atoms with Crippen LogP contribution in [0.1, 0.15) is 15.9 Å². The molecule has 0 radical (unpaired) electrons. The Labute approximate surface area is 234 Å². The van der Waals surface area contributed by atoms with Crippen molar-refractivity contribution in [3.63, 3.8) is 0 Å². The molecular weight excluding hydrogens is 572 g/mol. The van der Waals surface area contributed by atoms with Crippen LogP contribution in [0, 0.1) is 11.2 Å². The summed E-state index contributed by atoms with van der Waals surface area (Å²) in [5, 5.41) is 17.8. The summed E-state index contributed by atoms with van der Waals surface area (Å²) in [6.07, 6.45) is 5.23. The van der Waals surface area contributed by atoms with Gasteiger partial charge in [0.2, 0.25) is 11.8 Å². The zero-order chi connectivity index (χ0) is 29.6. The standard InChI is InChI=1S/C25H19ClF4N8O3/c26-19-10-17(1-2-20(19)27)35-24-34-12-16(13-38(36-24)5-3-21(31)25(28,29)30)15-9-18(23(39)40)22(33-11-15)41-8-7-37-6-4-32-14-37/h1-6,9-14,31H,7-8H2,(H,35,36)(H,39,40)/b5-3-,31-21?. The van der Waals surface area contributed by atoms with Crippen molar-refractivity contribution in [3.05, 3.63) is 89.6 Å². The third-order valence-corrected chi connectivity index (χ3v) is 5.53. The number of aliphatic imine (C=N–C) groups is 2. The Kier molecular flexibility index (Phi) is 8.77. The van der Waals surface area contributed by atoms with E-state index in [1.54, 1.807) is 23.3 Å². The second-order valence-electron chi connectivity index (χ2n) is 8.15. The molecule has 3 heterocycles. The maximum absolute atomic E-state index is 13.5. The molecule has 1 aromatic carbocycles. The minimum Gasteiger partial charge on any atom is -0.477 e. The number of carboxylic acid groups (broad SMARTS) is 1. The van der Waals surface area contributed by atoms with Gasteiger partial charge in [0.1, 0.15) is 23.7 Å². The van der Waals surface area contributed by atoms with Gasteiger partial charge in [-0.2, -0.15) is 13.2 Å². The molecule has 2 aromatic heterocycles. The Bertz CT molecular complexity index is 1570. The first-order valence-electron chi connectivity index (χ1n) is 11.5. The average molecular weight is 591 g/mol. The predicted molar refractivity (Wildman–Crippen MR) is 142 cm³/mol. The number of rotatable bonds is 9. The SMILES string of the molecule is N=C(/C=C\N1C=C(c2cnc(OCCn3ccnc3)c(C(=O)O)c2)C=NC(=Nc2ccc(F)c(Cl)c2)N1)C(F)(F)F. The van der Waals surface area contributed by atoms with Crippen molar-refractivity contribution in [1.29, 1.82) is 5.41 Å². The van der Waals surface area contributed by atoms with E-state index in [-0.39, 0.29) is 45.9 Å². The van der Waals surface area contributed by atoms with Gasteiger partial charge < -0.3 is 14.4 Å². The van der Waals surface area contributed by atoms with Gasteiger partial charge in [0.15, 0.2) is 0 Å². The maximum Gasteiger partial charge on any atom is 0.432 e. The quantitative estimate of drug-likeness (QED) is 0.239. The van der Waals surface area contributed by atoms with Crippen LogP contribution in [0.5, 0.6) is 5.88 Å². The molecule has 0 saturated heterocycles. The zero-order valence-electron chi connectivity index (χ0n) is 20.7. The number of aromatic nitrogens is 3. The molecular formula is C25H19ClF4N8O3. The fraction of sp³-hybridized carbons (Fsp3) is 0.120. The largest absolute Gasteiger partial charge is 0.477 e. The molecule has 3 N–H and O–H groups in total. The highest BCUT2D eigenvalue weighted by molar-refractivity contribution is 6.31. The second-order valence-corrected chi connectivity index (χ2v) is 8.56. The lowest BCUT2D eigenvalue weighted by molar-refractivity contribution is -0.0584. The van der Waals surface area contributed by atoms with E-state index in [1.807, 2.05) is 0 Å². The van der Waals surface area contributed by atoms with Crippen LogP contribution in [-0.2, 0) is 6.54 Å². The van der Waals surface area contributed by atoms with Crippen molar-refractivity contribution < 1.29 is 32.2 Å². The van der Waals surface area contributed by atoms with E-state index in [4.69, 9.17) is 21.7 Å². The van der Waals surface area contributed by atoms with Crippen molar-refractivity contribution in [3.8, 4) is 5.88 Å². The molecule has 4 rings (SSSR count). The van der Waals surface area contributed by atoms with Gasteiger partial charge in [0, 0.05) is 48.3 Å². The predicted octanol–water partition coefficient (Wildman–Crippen LogP) is 4.86. The Balaban J connectivity index is 1.66. The second kappa shape index (κ2) is 12.4. The topological polar surface area (TPSA) is 141 Å². The number of nitrogens with zero attached hydrogens (tertiary/aromatic N) is 6. The molecule has 16 heteroatoms. The Hall–Kier alpha value is -5.05. The molecule has 0 bridgehead atoms. The number of hydrazine groups is 1. The summed E-state index contributed by atoms with van der Waals surface area (Å²) in [7, 11) is 0. The molecule has 1 aliphatic heterocycles. The first kappa shape index (κ1) is 28.9. The number of hydrogen-bond donors (Lipinski definition) is 3.